The zero-order valence-corrected chi connectivity index (χ0v) is 12.9. The van der Waals surface area contributed by atoms with Gasteiger partial charge in [0.2, 0.25) is 0 Å². The van der Waals surface area contributed by atoms with Crippen molar-refractivity contribution in [3.05, 3.63) is 10.5 Å². The normalized spacial score (nSPS) is 12.4. The van der Waals surface area contributed by atoms with Gasteiger partial charge >= 0.3 is 0 Å². The fourth-order valence-corrected chi connectivity index (χ4v) is 2.95. The van der Waals surface area contributed by atoms with Crippen molar-refractivity contribution in [1.29, 1.82) is 0 Å². The van der Waals surface area contributed by atoms with Gasteiger partial charge in [0.15, 0.2) is 10.4 Å². The molecule has 2 aromatic rings. The Morgan fingerprint density at radius 3 is 2.68 bits per heavy atom. The first-order chi connectivity index (χ1) is 8.83. The van der Waals surface area contributed by atoms with Crippen molar-refractivity contribution in [2.45, 2.75) is 26.3 Å². The average Bonchev–Trinajstić information content (AvgIpc) is 2.75. The van der Waals surface area contributed by atoms with Gasteiger partial charge in [0.05, 0.1) is 11.4 Å². The molecule has 8 heteroatoms. The lowest BCUT2D eigenvalue weighted by atomic mass is 10.2. The first-order valence-corrected chi connectivity index (χ1v) is 8.62. The molecule has 106 valence electrons. The monoisotopic (exact) mass is 302 g/mol. The number of H-pyrrole nitrogens is 1. The van der Waals surface area contributed by atoms with E-state index < -0.39 is 9.84 Å². The maximum Gasteiger partial charge on any atom is 0.179 e. The quantitative estimate of drug-likeness (QED) is 0.848. The van der Waals surface area contributed by atoms with E-state index in [-0.39, 0.29) is 5.75 Å². The number of nitrogens with one attached hydrogen (secondary N) is 1. The van der Waals surface area contributed by atoms with Crippen LogP contribution >= 0.6 is 12.2 Å². The molecule has 0 spiro atoms. The summed E-state index contributed by atoms with van der Waals surface area (Å²) in [4.78, 5) is 3.14. The Kier molecular flexibility index (Phi) is 3.82. The summed E-state index contributed by atoms with van der Waals surface area (Å²) in [7, 11) is -1.16. The molecule has 0 aliphatic heterocycles. The molecule has 0 radical (unpaired) electrons. The van der Waals surface area contributed by atoms with Crippen LogP contribution in [0.25, 0.3) is 11.2 Å². The molecule has 0 fully saturated rings. The lowest BCUT2D eigenvalue weighted by Gasteiger charge is -2.03. The number of hydrogen-bond acceptors (Lipinski definition) is 4. The van der Waals surface area contributed by atoms with Crippen LogP contribution < -0.4 is 0 Å². The predicted molar refractivity (Wildman–Crippen MR) is 77.6 cm³/mol. The third-order valence-corrected chi connectivity index (χ3v) is 4.24. The SMILES string of the molecule is CCCc1nn(C)c2c1[nH]c(=S)n2CCS(C)(=O)=O. The van der Waals surface area contributed by atoms with Crippen LogP contribution in [0.3, 0.4) is 0 Å². The summed E-state index contributed by atoms with van der Waals surface area (Å²) in [6, 6.07) is 0. The molecule has 2 heterocycles. The molecule has 0 amide bonds. The molecule has 0 saturated heterocycles. The molecule has 0 unspecified atom stereocenters. The molecule has 1 N–H and O–H groups in total. The Labute approximate surface area is 117 Å². The summed E-state index contributed by atoms with van der Waals surface area (Å²) < 4.78 is 26.7. The van der Waals surface area contributed by atoms with Gasteiger partial charge in [-0.15, -0.1) is 0 Å². The minimum absolute atomic E-state index is 0.0720. The number of aromatic nitrogens is 4. The Hall–Kier alpha value is -1.15. The number of nitrogens with zero attached hydrogens (tertiary/aromatic N) is 3. The molecule has 2 rings (SSSR count). The van der Waals surface area contributed by atoms with Gasteiger partial charge in [-0.2, -0.15) is 5.10 Å². The summed E-state index contributed by atoms with van der Waals surface area (Å²) >= 11 is 5.27. The number of imidazole rings is 1. The van der Waals surface area contributed by atoms with Crippen molar-refractivity contribution in [2.24, 2.45) is 7.05 Å². The van der Waals surface area contributed by atoms with E-state index in [2.05, 4.69) is 17.0 Å². The number of aromatic amines is 1. The Bertz CT molecular complexity index is 752. The third kappa shape index (κ3) is 2.89. The van der Waals surface area contributed by atoms with Crippen LogP contribution in [0, 0.1) is 4.77 Å². The summed E-state index contributed by atoms with van der Waals surface area (Å²) in [6.07, 6.45) is 3.10. The summed E-state index contributed by atoms with van der Waals surface area (Å²) in [6.45, 7) is 2.44. The molecule has 0 bridgehead atoms. The lowest BCUT2D eigenvalue weighted by Crippen LogP contribution is -2.12. The zero-order chi connectivity index (χ0) is 14.2. The second kappa shape index (κ2) is 5.09. The minimum Gasteiger partial charge on any atom is -0.328 e. The molecule has 0 aliphatic rings. The Morgan fingerprint density at radius 1 is 1.42 bits per heavy atom. The molecule has 0 saturated carbocycles. The van der Waals surface area contributed by atoms with E-state index in [1.807, 2.05) is 7.05 Å². The highest BCUT2D eigenvalue weighted by Gasteiger charge is 2.15. The van der Waals surface area contributed by atoms with Gasteiger partial charge in [0, 0.05) is 19.8 Å². The molecule has 0 atom stereocenters. The van der Waals surface area contributed by atoms with Crippen LogP contribution in [-0.2, 0) is 29.9 Å². The van der Waals surface area contributed by atoms with E-state index in [1.165, 1.54) is 6.26 Å². The maximum absolute atomic E-state index is 11.3. The summed E-state index contributed by atoms with van der Waals surface area (Å²) in [5.74, 6) is 0.0720. The van der Waals surface area contributed by atoms with Gasteiger partial charge in [-0.05, 0) is 18.6 Å². The van der Waals surface area contributed by atoms with E-state index in [0.29, 0.717) is 11.3 Å². The molecule has 0 aromatic carbocycles. The van der Waals surface area contributed by atoms with Gasteiger partial charge in [-0.25, -0.2) is 8.42 Å². The average molecular weight is 302 g/mol. The Morgan fingerprint density at radius 2 is 2.11 bits per heavy atom. The molecule has 6 nitrogen and oxygen atoms in total. The van der Waals surface area contributed by atoms with Crippen molar-refractivity contribution in [3.63, 3.8) is 0 Å². The summed E-state index contributed by atoms with van der Waals surface area (Å²) in [5, 5.41) is 4.45. The van der Waals surface area contributed by atoms with Gasteiger partial charge in [0.25, 0.3) is 0 Å². The van der Waals surface area contributed by atoms with Gasteiger partial charge in [-0.3, -0.25) is 4.68 Å². The number of rotatable bonds is 5. The number of hydrogen-bond donors (Lipinski definition) is 1. The van der Waals surface area contributed by atoms with Crippen LogP contribution in [0.1, 0.15) is 19.0 Å². The second-order valence-corrected chi connectivity index (χ2v) is 7.38. The molecular formula is C11H18N4O2S2. The van der Waals surface area contributed by atoms with Gasteiger partial charge in [-0.1, -0.05) is 13.3 Å². The first-order valence-electron chi connectivity index (χ1n) is 6.15. The third-order valence-electron chi connectivity index (χ3n) is 2.99. The van der Waals surface area contributed by atoms with E-state index in [9.17, 15) is 8.42 Å². The first kappa shape index (κ1) is 14.3. The van der Waals surface area contributed by atoms with Gasteiger partial charge < -0.3 is 9.55 Å². The highest BCUT2D eigenvalue weighted by atomic mass is 32.2. The van der Waals surface area contributed by atoms with Crippen molar-refractivity contribution in [1.82, 2.24) is 19.3 Å². The number of sulfone groups is 1. The fourth-order valence-electron chi connectivity index (χ4n) is 2.15. The van der Waals surface area contributed by atoms with Crippen molar-refractivity contribution in [3.8, 4) is 0 Å². The smallest absolute Gasteiger partial charge is 0.179 e. The van der Waals surface area contributed by atoms with Gasteiger partial charge in [0.1, 0.15) is 15.4 Å². The summed E-state index contributed by atoms with van der Waals surface area (Å²) in [5.41, 5.74) is 2.75. The standard InChI is InChI=1S/C11H18N4O2S2/c1-4-5-8-9-10(14(2)13-8)15(11(18)12-9)6-7-19(3,16)17/h4-7H2,1-3H3,(H,12,18). The topological polar surface area (TPSA) is 72.7 Å². The van der Waals surface area contributed by atoms with E-state index in [4.69, 9.17) is 12.2 Å². The van der Waals surface area contributed by atoms with Crippen molar-refractivity contribution >= 4 is 33.2 Å². The van der Waals surface area contributed by atoms with E-state index >= 15 is 0 Å². The lowest BCUT2D eigenvalue weighted by molar-refractivity contribution is 0.593. The zero-order valence-electron chi connectivity index (χ0n) is 11.3. The van der Waals surface area contributed by atoms with Crippen molar-refractivity contribution < 1.29 is 8.42 Å². The Balaban J connectivity index is 2.50. The molecule has 2 aromatic heterocycles. The van der Waals surface area contributed by atoms with Crippen LogP contribution in [0.4, 0.5) is 0 Å². The predicted octanol–water partition coefficient (Wildman–Crippen LogP) is 1.43. The fraction of sp³-hybridized carbons (Fsp3) is 0.636. The van der Waals surface area contributed by atoms with Crippen LogP contribution in [0.15, 0.2) is 0 Å². The number of fused-ring (bicyclic) bond motifs is 1. The molecular weight excluding hydrogens is 284 g/mol. The van der Waals surface area contributed by atoms with Crippen LogP contribution in [0.5, 0.6) is 0 Å². The van der Waals surface area contributed by atoms with Crippen LogP contribution in [0.2, 0.25) is 0 Å². The van der Waals surface area contributed by atoms with Crippen molar-refractivity contribution in [2.75, 3.05) is 12.0 Å². The second-order valence-electron chi connectivity index (χ2n) is 4.73. The van der Waals surface area contributed by atoms with E-state index in [1.54, 1.807) is 9.25 Å². The molecule has 19 heavy (non-hydrogen) atoms. The maximum atomic E-state index is 11.3. The number of aryl methyl sites for hydroxylation is 3. The molecule has 0 aliphatic carbocycles. The largest absolute Gasteiger partial charge is 0.328 e. The van der Waals surface area contributed by atoms with Crippen LogP contribution in [-0.4, -0.2) is 39.8 Å². The highest BCUT2D eigenvalue weighted by Crippen LogP contribution is 2.19. The van der Waals surface area contributed by atoms with E-state index in [0.717, 1.165) is 29.7 Å². The minimum atomic E-state index is -3.01. The highest BCUT2D eigenvalue weighted by molar-refractivity contribution is 7.90.